The molecule has 1 heterocycles. The molecule has 1 atom stereocenters. The number of carbonyl (C=O) groups is 1. The molecule has 4 rings (SSSR count). The third-order valence-corrected chi connectivity index (χ3v) is 5.50. The Balaban J connectivity index is 1.36. The maximum absolute atomic E-state index is 12.8. The van der Waals surface area contributed by atoms with Crippen LogP contribution in [0.2, 0.25) is 0 Å². The Kier molecular flexibility index (Phi) is 4.83. The molecule has 2 aliphatic rings. The Morgan fingerprint density at radius 1 is 0.962 bits per heavy atom. The van der Waals surface area contributed by atoms with Crippen molar-refractivity contribution in [2.45, 2.75) is 25.8 Å². The Bertz CT molecular complexity index is 732. The maximum Gasteiger partial charge on any atom is 0.318 e. The van der Waals surface area contributed by atoms with Crippen molar-refractivity contribution < 1.29 is 4.79 Å². The Labute approximate surface area is 155 Å². The molecule has 1 unspecified atom stereocenters. The quantitative estimate of drug-likeness (QED) is 0.906. The summed E-state index contributed by atoms with van der Waals surface area (Å²) in [5.74, 6) is 0.590. The topological polar surface area (TPSA) is 35.6 Å². The van der Waals surface area contributed by atoms with Gasteiger partial charge in [0.25, 0.3) is 0 Å². The number of aryl methyl sites for hydroxylation is 1. The summed E-state index contributed by atoms with van der Waals surface area (Å²) in [5.41, 5.74) is 3.73. The van der Waals surface area contributed by atoms with Crippen LogP contribution in [0, 0.1) is 12.8 Å². The van der Waals surface area contributed by atoms with Crippen LogP contribution in [-0.4, -0.2) is 37.1 Å². The predicted octanol–water partition coefficient (Wildman–Crippen LogP) is 3.98. The zero-order chi connectivity index (χ0) is 17.9. The Hall–Kier alpha value is -2.49. The first-order valence-corrected chi connectivity index (χ1v) is 9.63. The Morgan fingerprint density at radius 3 is 2.23 bits per heavy atom. The van der Waals surface area contributed by atoms with Gasteiger partial charge in [0.2, 0.25) is 0 Å². The third-order valence-electron chi connectivity index (χ3n) is 5.50. The van der Waals surface area contributed by atoms with E-state index in [0.29, 0.717) is 5.92 Å². The Morgan fingerprint density at radius 2 is 1.62 bits per heavy atom. The fourth-order valence-electron chi connectivity index (χ4n) is 3.71. The molecule has 4 nitrogen and oxygen atoms in total. The standard InChI is InChI=1S/C22H27N3O/c1-17-7-9-18(10-8-17)21(19-11-12-19)23-22(26)25-15-13-24(14-16-25)20-5-3-2-4-6-20/h2-10,19,21H,11-16H2,1H3,(H,23,26). The number of nitrogens with one attached hydrogen (secondary N) is 1. The molecule has 1 aliphatic heterocycles. The molecule has 1 N–H and O–H groups in total. The molecule has 2 aromatic rings. The molecule has 2 aromatic carbocycles. The summed E-state index contributed by atoms with van der Waals surface area (Å²) in [4.78, 5) is 17.1. The van der Waals surface area contributed by atoms with E-state index in [1.165, 1.54) is 29.7 Å². The lowest BCUT2D eigenvalue weighted by molar-refractivity contribution is 0.189. The number of hydrogen-bond acceptors (Lipinski definition) is 2. The van der Waals surface area contributed by atoms with Gasteiger partial charge in [0, 0.05) is 31.9 Å². The van der Waals surface area contributed by atoms with Gasteiger partial charge in [-0.1, -0.05) is 48.0 Å². The first-order chi connectivity index (χ1) is 12.7. The summed E-state index contributed by atoms with van der Waals surface area (Å²) in [6.07, 6.45) is 2.42. The van der Waals surface area contributed by atoms with Gasteiger partial charge in [0.1, 0.15) is 0 Å². The van der Waals surface area contributed by atoms with E-state index in [-0.39, 0.29) is 12.1 Å². The van der Waals surface area contributed by atoms with E-state index < -0.39 is 0 Å². The molecule has 1 saturated carbocycles. The average Bonchev–Trinajstić information content (AvgIpc) is 3.53. The smallest absolute Gasteiger partial charge is 0.318 e. The first-order valence-electron chi connectivity index (χ1n) is 9.63. The molecule has 0 aromatic heterocycles. The highest BCUT2D eigenvalue weighted by Gasteiger charge is 2.34. The predicted molar refractivity (Wildman–Crippen MR) is 105 cm³/mol. The van der Waals surface area contributed by atoms with Crippen LogP contribution in [-0.2, 0) is 0 Å². The normalized spacial score (nSPS) is 18.5. The van der Waals surface area contributed by atoms with Crippen LogP contribution in [0.4, 0.5) is 10.5 Å². The zero-order valence-corrected chi connectivity index (χ0v) is 15.4. The molecule has 136 valence electrons. The molecule has 0 radical (unpaired) electrons. The highest BCUT2D eigenvalue weighted by molar-refractivity contribution is 5.75. The molecule has 4 heteroatoms. The SMILES string of the molecule is Cc1ccc(C(NC(=O)N2CCN(c3ccccc3)CC2)C2CC2)cc1. The van der Waals surface area contributed by atoms with Crippen LogP contribution < -0.4 is 10.2 Å². The van der Waals surface area contributed by atoms with Crippen molar-refractivity contribution in [3.8, 4) is 0 Å². The first kappa shape index (κ1) is 17.0. The lowest BCUT2D eigenvalue weighted by Gasteiger charge is -2.37. The van der Waals surface area contributed by atoms with Crippen LogP contribution in [0.5, 0.6) is 0 Å². The van der Waals surface area contributed by atoms with E-state index in [9.17, 15) is 4.79 Å². The molecular formula is C22H27N3O. The van der Waals surface area contributed by atoms with Crippen molar-refractivity contribution >= 4 is 11.7 Å². The summed E-state index contributed by atoms with van der Waals surface area (Å²) >= 11 is 0. The van der Waals surface area contributed by atoms with Gasteiger partial charge in [0.05, 0.1) is 6.04 Å². The van der Waals surface area contributed by atoms with Crippen LogP contribution in [0.3, 0.4) is 0 Å². The van der Waals surface area contributed by atoms with E-state index in [2.05, 4.69) is 65.7 Å². The van der Waals surface area contributed by atoms with Crippen molar-refractivity contribution in [1.82, 2.24) is 10.2 Å². The number of benzene rings is 2. The molecule has 1 saturated heterocycles. The number of nitrogens with zero attached hydrogens (tertiary/aromatic N) is 2. The highest BCUT2D eigenvalue weighted by atomic mass is 16.2. The van der Waals surface area contributed by atoms with E-state index in [4.69, 9.17) is 0 Å². The number of hydrogen-bond donors (Lipinski definition) is 1. The molecule has 0 bridgehead atoms. The van der Waals surface area contributed by atoms with Gasteiger partial charge >= 0.3 is 6.03 Å². The minimum absolute atomic E-state index is 0.0789. The highest BCUT2D eigenvalue weighted by Crippen LogP contribution is 2.41. The number of para-hydroxylation sites is 1. The molecule has 0 spiro atoms. The van der Waals surface area contributed by atoms with Gasteiger partial charge in [-0.3, -0.25) is 0 Å². The second kappa shape index (κ2) is 7.40. The van der Waals surface area contributed by atoms with E-state index in [0.717, 1.165) is 26.2 Å². The lowest BCUT2D eigenvalue weighted by Crippen LogP contribution is -2.52. The summed E-state index contributed by atoms with van der Waals surface area (Å²) in [6, 6.07) is 19.3. The number of piperazine rings is 1. The molecular weight excluding hydrogens is 322 g/mol. The number of amides is 2. The van der Waals surface area contributed by atoms with Crippen LogP contribution >= 0.6 is 0 Å². The summed E-state index contributed by atoms with van der Waals surface area (Å²) < 4.78 is 0. The largest absolute Gasteiger partial charge is 0.368 e. The van der Waals surface area contributed by atoms with E-state index >= 15 is 0 Å². The second-order valence-corrected chi connectivity index (χ2v) is 7.48. The van der Waals surface area contributed by atoms with Gasteiger partial charge < -0.3 is 15.1 Å². The van der Waals surface area contributed by atoms with E-state index in [1.807, 2.05) is 11.0 Å². The summed E-state index contributed by atoms with van der Waals surface area (Å²) in [6.45, 7) is 5.41. The number of urea groups is 1. The average molecular weight is 349 g/mol. The minimum atomic E-state index is 0.0789. The van der Waals surface area contributed by atoms with Gasteiger partial charge in [-0.25, -0.2) is 4.79 Å². The van der Waals surface area contributed by atoms with E-state index in [1.54, 1.807) is 0 Å². The number of anilines is 1. The van der Waals surface area contributed by atoms with Crippen LogP contribution in [0.25, 0.3) is 0 Å². The minimum Gasteiger partial charge on any atom is -0.368 e. The molecule has 2 fully saturated rings. The fourth-order valence-corrected chi connectivity index (χ4v) is 3.71. The summed E-state index contributed by atoms with van der Waals surface area (Å²) in [7, 11) is 0. The van der Waals surface area contributed by atoms with Crippen LogP contribution in [0.1, 0.15) is 30.0 Å². The van der Waals surface area contributed by atoms with Crippen molar-refractivity contribution in [1.29, 1.82) is 0 Å². The lowest BCUT2D eigenvalue weighted by atomic mass is 10.0. The van der Waals surface area contributed by atoms with Crippen molar-refractivity contribution in [2.24, 2.45) is 5.92 Å². The van der Waals surface area contributed by atoms with Gasteiger partial charge in [-0.15, -0.1) is 0 Å². The van der Waals surface area contributed by atoms with Crippen LogP contribution in [0.15, 0.2) is 54.6 Å². The van der Waals surface area contributed by atoms with Crippen molar-refractivity contribution in [3.63, 3.8) is 0 Å². The third kappa shape index (κ3) is 3.85. The molecule has 1 aliphatic carbocycles. The zero-order valence-electron chi connectivity index (χ0n) is 15.4. The monoisotopic (exact) mass is 349 g/mol. The van der Waals surface area contributed by atoms with Gasteiger partial charge in [0.15, 0.2) is 0 Å². The fraction of sp³-hybridized carbons (Fsp3) is 0.409. The van der Waals surface area contributed by atoms with Crippen molar-refractivity contribution in [2.75, 3.05) is 31.1 Å². The number of rotatable bonds is 4. The summed E-state index contributed by atoms with van der Waals surface area (Å²) in [5, 5.41) is 3.31. The number of carbonyl (C=O) groups excluding carboxylic acids is 1. The second-order valence-electron chi connectivity index (χ2n) is 7.48. The molecule has 2 amide bonds. The molecule has 26 heavy (non-hydrogen) atoms. The van der Waals surface area contributed by atoms with Gasteiger partial charge in [-0.05, 0) is 43.4 Å². The maximum atomic E-state index is 12.8. The van der Waals surface area contributed by atoms with Gasteiger partial charge in [-0.2, -0.15) is 0 Å². The van der Waals surface area contributed by atoms with Crippen molar-refractivity contribution in [3.05, 3.63) is 65.7 Å².